The van der Waals surface area contributed by atoms with E-state index >= 15 is 0 Å². The van der Waals surface area contributed by atoms with E-state index in [9.17, 15) is 13.2 Å². The first-order valence-electron chi connectivity index (χ1n) is 8.09. The molecule has 1 unspecified atom stereocenters. The maximum atomic E-state index is 11.9. The monoisotopic (exact) mass is 376 g/mol. The van der Waals surface area contributed by atoms with Gasteiger partial charge in [-0.2, -0.15) is 0 Å². The number of ether oxygens (including phenoxy) is 1. The summed E-state index contributed by atoms with van der Waals surface area (Å²) in [4.78, 5) is 22.1. The van der Waals surface area contributed by atoms with Crippen LogP contribution in [0.2, 0.25) is 0 Å². The molecule has 0 radical (unpaired) electrons. The first-order valence-corrected chi connectivity index (χ1v) is 9.91. The number of carbonyl (C=O) groups excluding carboxylic acids is 1. The van der Waals surface area contributed by atoms with Crippen LogP contribution in [0.15, 0.2) is 36.7 Å². The maximum Gasteiger partial charge on any atom is 0.339 e. The normalized spacial score (nSPS) is 18.3. The average molecular weight is 376 g/mol. The summed E-state index contributed by atoms with van der Waals surface area (Å²) in [5.41, 5.74) is 0.959. The van der Waals surface area contributed by atoms with Gasteiger partial charge in [0.2, 0.25) is 0 Å². The highest BCUT2D eigenvalue weighted by Gasteiger charge is 2.31. The molecular formula is C17H20N4O4S. The van der Waals surface area contributed by atoms with Gasteiger partial charge in [-0.1, -0.05) is 12.1 Å². The smallest absolute Gasteiger partial charge is 0.339 e. The maximum absolute atomic E-state index is 11.9. The molecule has 1 aromatic carbocycles. The van der Waals surface area contributed by atoms with E-state index < -0.39 is 15.8 Å². The fourth-order valence-corrected chi connectivity index (χ4v) is 4.67. The lowest BCUT2D eigenvalue weighted by atomic mass is 10.2. The molecule has 9 heteroatoms. The SMILES string of the molecule is COC(=O)c1ccccc1Nc1cc(N(C)C2CCS(=O)(=O)C2)ncn1. The first kappa shape index (κ1) is 18.1. The highest BCUT2D eigenvalue weighted by atomic mass is 32.2. The minimum atomic E-state index is -2.98. The summed E-state index contributed by atoms with van der Waals surface area (Å²) in [5.74, 6) is 0.987. The number of aromatic nitrogens is 2. The Labute approximate surface area is 152 Å². The van der Waals surface area contributed by atoms with Crippen molar-refractivity contribution in [3.05, 3.63) is 42.2 Å². The molecule has 0 saturated carbocycles. The van der Waals surface area contributed by atoms with Crippen molar-refractivity contribution in [1.29, 1.82) is 0 Å². The molecule has 8 nitrogen and oxygen atoms in total. The van der Waals surface area contributed by atoms with Gasteiger partial charge in [0.1, 0.15) is 18.0 Å². The Bertz CT molecular complexity index is 916. The van der Waals surface area contributed by atoms with Crippen LogP contribution in [-0.2, 0) is 14.6 Å². The molecule has 26 heavy (non-hydrogen) atoms. The predicted molar refractivity (Wildman–Crippen MR) is 98.6 cm³/mol. The Kier molecular flexibility index (Phi) is 5.08. The van der Waals surface area contributed by atoms with Crippen LogP contribution in [0.5, 0.6) is 0 Å². The molecule has 1 aliphatic rings. The predicted octanol–water partition coefficient (Wildman–Crippen LogP) is 1.63. The number of anilines is 3. The summed E-state index contributed by atoms with van der Waals surface area (Å²) in [5, 5.41) is 3.09. The van der Waals surface area contributed by atoms with Gasteiger partial charge in [0.15, 0.2) is 9.84 Å². The van der Waals surface area contributed by atoms with Crippen LogP contribution in [0.25, 0.3) is 0 Å². The summed E-state index contributed by atoms with van der Waals surface area (Å²) < 4.78 is 28.2. The number of esters is 1. The number of sulfone groups is 1. The van der Waals surface area contributed by atoms with Crippen molar-refractivity contribution in [3.63, 3.8) is 0 Å². The van der Waals surface area contributed by atoms with E-state index in [4.69, 9.17) is 4.74 Å². The number of hydrogen-bond donors (Lipinski definition) is 1. The molecule has 0 bridgehead atoms. The fourth-order valence-electron chi connectivity index (χ4n) is 2.89. The Balaban J connectivity index is 1.81. The number of hydrogen-bond acceptors (Lipinski definition) is 8. The molecule has 1 atom stereocenters. The zero-order valence-corrected chi connectivity index (χ0v) is 15.4. The molecule has 138 valence electrons. The minimum Gasteiger partial charge on any atom is -0.465 e. The highest BCUT2D eigenvalue weighted by Crippen LogP contribution is 2.25. The summed E-state index contributed by atoms with van der Waals surface area (Å²) >= 11 is 0. The highest BCUT2D eigenvalue weighted by molar-refractivity contribution is 7.91. The largest absolute Gasteiger partial charge is 0.465 e. The van der Waals surface area contributed by atoms with Gasteiger partial charge < -0.3 is 15.0 Å². The molecule has 1 aromatic heterocycles. The number of nitrogens with one attached hydrogen (secondary N) is 1. The van der Waals surface area contributed by atoms with Crippen LogP contribution in [-0.4, -0.2) is 56.1 Å². The molecule has 1 N–H and O–H groups in total. The number of carbonyl (C=O) groups is 1. The zero-order chi connectivity index (χ0) is 18.7. The topological polar surface area (TPSA) is 101 Å². The van der Waals surface area contributed by atoms with Gasteiger partial charge >= 0.3 is 5.97 Å². The van der Waals surface area contributed by atoms with Crippen molar-refractivity contribution < 1.29 is 17.9 Å². The lowest BCUT2D eigenvalue weighted by Gasteiger charge is -2.24. The van der Waals surface area contributed by atoms with Gasteiger partial charge in [-0.25, -0.2) is 23.2 Å². The third-order valence-electron chi connectivity index (χ3n) is 4.37. The molecule has 0 amide bonds. The van der Waals surface area contributed by atoms with Gasteiger partial charge in [-0.15, -0.1) is 0 Å². The summed E-state index contributed by atoms with van der Waals surface area (Å²) in [6.45, 7) is 0. The van der Waals surface area contributed by atoms with Crippen molar-refractivity contribution >= 4 is 33.1 Å². The standard InChI is InChI=1S/C17H20N4O4S/c1-21(12-7-8-26(23,24)10-12)16-9-15(18-11-19-16)20-14-6-4-3-5-13(14)17(22)25-2/h3-6,9,11-12H,7-8,10H2,1-2H3,(H,18,19,20). The summed E-state index contributed by atoms with van der Waals surface area (Å²) in [6, 6.07) is 8.57. The Morgan fingerprint density at radius 1 is 1.31 bits per heavy atom. The molecule has 3 rings (SSSR count). The lowest BCUT2D eigenvalue weighted by molar-refractivity contribution is 0.0602. The summed E-state index contributed by atoms with van der Waals surface area (Å²) in [7, 11) is 0.168. The summed E-state index contributed by atoms with van der Waals surface area (Å²) in [6.07, 6.45) is 1.98. The number of rotatable bonds is 5. The number of para-hydroxylation sites is 1. The third kappa shape index (κ3) is 3.93. The average Bonchev–Trinajstić information content (AvgIpc) is 3.01. The van der Waals surface area contributed by atoms with Crippen LogP contribution >= 0.6 is 0 Å². The minimum absolute atomic E-state index is 0.106. The molecule has 2 aromatic rings. The second-order valence-corrected chi connectivity index (χ2v) is 8.32. The molecule has 1 saturated heterocycles. The first-order chi connectivity index (χ1) is 12.4. The molecule has 1 fully saturated rings. The van der Waals surface area contributed by atoms with Crippen molar-refractivity contribution in [2.24, 2.45) is 0 Å². The molecule has 2 heterocycles. The van der Waals surface area contributed by atoms with E-state index in [-0.39, 0.29) is 17.5 Å². The second-order valence-electron chi connectivity index (χ2n) is 6.09. The number of benzene rings is 1. The molecule has 0 aliphatic carbocycles. The van der Waals surface area contributed by atoms with E-state index in [0.717, 1.165) is 0 Å². The van der Waals surface area contributed by atoms with Crippen LogP contribution in [0.1, 0.15) is 16.8 Å². The third-order valence-corrected chi connectivity index (χ3v) is 6.12. The second kappa shape index (κ2) is 7.28. The Hall–Kier alpha value is -2.68. The van der Waals surface area contributed by atoms with Crippen LogP contribution in [0.3, 0.4) is 0 Å². The van der Waals surface area contributed by atoms with E-state index in [1.807, 2.05) is 11.9 Å². The Morgan fingerprint density at radius 3 is 2.77 bits per heavy atom. The van der Waals surface area contributed by atoms with Crippen molar-refractivity contribution in [3.8, 4) is 0 Å². The van der Waals surface area contributed by atoms with E-state index in [2.05, 4.69) is 15.3 Å². The van der Waals surface area contributed by atoms with Crippen molar-refractivity contribution in [1.82, 2.24) is 9.97 Å². The van der Waals surface area contributed by atoms with E-state index in [1.165, 1.54) is 13.4 Å². The number of nitrogens with zero attached hydrogens (tertiary/aromatic N) is 3. The number of methoxy groups -OCH3 is 1. The van der Waals surface area contributed by atoms with Crippen molar-refractivity contribution in [2.75, 3.05) is 35.9 Å². The van der Waals surface area contributed by atoms with Gasteiger partial charge in [0.05, 0.1) is 29.9 Å². The van der Waals surface area contributed by atoms with E-state index in [0.29, 0.717) is 29.3 Å². The van der Waals surface area contributed by atoms with Crippen molar-refractivity contribution in [2.45, 2.75) is 12.5 Å². The van der Waals surface area contributed by atoms with Gasteiger partial charge in [-0.05, 0) is 18.6 Å². The van der Waals surface area contributed by atoms with Crippen LogP contribution in [0, 0.1) is 0 Å². The van der Waals surface area contributed by atoms with Gasteiger partial charge in [-0.3, -0.25) is 0 Å². The van der Waals surface area contributed by atoms with E-state index in [1.54, 1.807) is 30.3 Å². The van der Waals surface area contributed by atoms with Crippen LogP contribution < -0.4 is 10.2 Å². The van der Waals surface area contributed by atoms with Gasteiger partial charge in [0.25, 0.3) is 0 Å². The molecule has 1 aliphatic heterocycles. The molecule has 0 spiro atoms. The van der Waals surface area contributed by atoms with Crippen LogP contribution in [0.4, 0.5) is 17.3 Å². The lowest BCUT2D eigenvalue weighted by Crippen LogP contribution is -2.33. The quantitative estimate of drug-likeness (QED) is 0.786. The van der Waals surface area contributed by atoms with Gasteiger partial charge in [0, 0.05) is 19.2 Å². The zero-order valence-electron chi connectivity index (χ0n) is 14.5. The fraction of sp³-hybridized carbons (Fsp3) is 0.353. The Morgan fingerprint density at radius 2 is 2.08 bits per heavy atom. The molecular weight excluding hydrogens is 356 g/mol.